The molecule has 1 saturated carbocycles. The first kappa shape index (κ1) is 17.5. The van der Waals surface area contributed by atoms with E-state index < -0.39 is 5.41 Å². The molecule has 2 aromatic rings. The summed E-state index contributed by atoms with van der Waals surface area (Å²) in [6.45, 7) is 9.68. The molecule has 1 heterocycles. The number of nitrogens with one attached hydrogen (secondary N) is 1. The first-order chi connectivity index (χ1) is 11.8. The molecule has 0 aliphatic heterocycles. The van der Waals surface area contributed by atoms with Crippen LogP contribution in [0.2, 0.25) is 0 Å². The normalized spacial score (nSPS) is 21.0. The van der Waals surface area contributed by atoms with Gasteiger partial charge in [0.2, 0.25) is 5.91 Å². The molecule has 1 atom stereocenters. The van der Waals surface area contributed by atoms with E-state index in [2.05, 4.69) is 28.7 Å². The van der Waals surface area contributed by atoms with Crippen molar-refractivity contribution in [3.05, 3.63) is 47.5 Å². The second-order valence-electron chi connectivity index (χ2n) is 7.56. The molecule has 134 valence electrons. The third-order valence-corrected chi connectivity index (χ3v) is 5.69. The quantitative estimate of drug-likeness (QED) is 0.879. The lowest BCUT2D eigenvalue weighted by Gasteiger charge is -2.21. The van der Waals surface area contributed by atoms with E-state index in [-0.39, 0.29) is 11.3 Å². The summed E-state index contributed by atoms with van der Waals surface area (Å²) in [4.78, 5) is 17.3. The van der Waals surface area contributed by atoms with Crippen molar-refractivity contribution in [2.75, 3.05) is 13.7 Å². The Morgan fingerprint density at radius 2 is 1.92 bits per heavy atom. The predicted octanol–water partition coefficient (Wildman–Crippen LogP) is 2.99. The minimum atomic E-state index is -0.445. The molecule has 0 bridgehead atoms. The van der Waals surface area contributed by atoms with Gasteiger partial charge in [-0.05, 0) is 43.4 Å². The minimum Gasteiger partial charge on any atom is -0.497 e. The fraction of sp³-hybridized carbons (Fsp3) is 0.500. The second kappa shape index (κ2) is 6.21. The van der Waals surface area contributed by atoms with E-state index in [0.717, 1.165) is 35.7 Å². The summed E-state index contributed by atoms with van der Waals surface area (Å²) < 4.78 is 7.31. The maximum Gasteiger partial charge on any atom is 0.231 e. The number of methoxy groups -OCH3 is 1. The lowest BCUT2D eigenvalue weighted by Crippen LogP contribution is -2.39. The molecule has 1 unspecified atom stereocenters. The van der Waals surface area contributed by atoms with E-state index in [0.29, 0.717) is 6.54 Å². The zero-order chi connectivity index (χ0) is 18.2. The number of hydrogen-bond acceptors (Lipinski definition) is 3. The van der Waals surface area contributed by atoms with E-state index in [1.807, 2.05) is 44.4 Å². The number of rotatable bonds is 6. The molecular weight excluding hydrogens is 314 g/mol. The average molecular weight is 341 g/mol. The molecular formula is C20H27N3O2. The summed E-state index contributed by atoms with van der Waals surface area (Å²) in [5.41, 5.74) is 2.76. The third-order valence-electron chi connectivity index (χ3n) is 5.69. The Morgan fingerprint density at radius 3 is 2.40 bits per heavy atom. The molecule has 3 rings (SSSR count). The number of carbonyl (C=O) groups excluding carboxylic acids is 1. The molecule has 5 nitrogen and oxygen atoms in total. The fourth-order valence-electron chi connectivity index (χ4n) is 3.72. The largest absolute Gasteiger partial charge is 0.497 e. The van der Waals surface area contributed by atoms with Crippen molar-refractivity contribution < 1.29 is 9.53 Å². The van der Waals surface area contributed by atoms with Gasteiger partial charge in [-0.2, -0.15) is 0 Å². The van der Waals surface area contributed by atoms with Gasteiger partial charge in [-0.1, -0.05) is 26.0 Å². The molecule has 0 spiro atoms. The van der Waals surface area contributed by atoms with Crippen LogP contribution in [0.25, 0.3) is 0 Å². The van der Waals surface area contributed by atoms with Crippen LogP contribution in [-0.2, 0) is 16.8 Å². The van der Waals surface area contributed by atoms with Crippen molar-refractivity contribution in [3.8, 4) is 5.75 Å². The first-order valence-corrected chi connectivity index (χ1v) is 8.73. The van der Waals surface area contributed by atoms with Gasteiger partial charge < -0.3 is 14.6 Å². The number of hydrogen-bond donors (Lipinski definition) is 1. The van der Waals surface area contributed by atoms with Crippen LogP contribution in [0.15, 0.2) is 30.6 Å². The van der Waals surface area contributed by atoms with Crippen LogP contribution < -0.4 is 10.1 Å². The van der Waals surface area contributed by atoms with Gasteiger partial charge in [0.25, 0.3) is 0 Å². The zero-order valence-corrected chi connectivity index (χ0v) is 15.7. The summed E-state index contributed by atoms with van der Waals surface area (Å²) in [6, 6.07) is 7.87. The molecule has 1 aliphatic carbocycles. The second-order valence-corrected chi connectivity index (χ2v) is 7.56. The number of imidazole rings is 1. The van der Waals surface area contributed by atoms with Gasteiger partial charge in [-0.3, -0.25) is 4.79 Å². The minimum absolute atomic E-state index is 0.0345. The van der Waals surface area contributed by atoms with Crippen LogP contribution in [0.3, 0.4) is 0 Å². The maximum atomic E-state index is 13.0. The van der Waals surface area contributed by atoms with Gasteiger partial charge in [0, 0.05) is 18.8 Å². The first-order valence-electron chi connectivity index (χ1n) is 8.73. The zero-order valence-electron chi connectivity index (χ0n) is 15.7. The summed E-state index contributed by atoms with van der Waals surface area (Å²) >= 11 is 0. The molecule has 1 aliphatic rings. The Kier molecular flexibility index (Phi) is 4.35. The van der Waals surface area contributed by atoms with Crippen molar-refractivity contribution in [3.63, 3.8) is 0 Å². The summed E-state index contributed by atoms with van der Waals surface area (Å²) in [5.74, 6) is 0.917. The third kappa shape index (κ3) is 2.92. The van der Waals surface area contributed by atoms with Crippen LogP contribution in [0.1, 0.15) is 37.2 Å². The molecule has 0 radical (unpaired) electrons. The van der Waals surface area contributed by atoms with Crippen molar-refractivity contribution >= 4 is 5.91 Å². The monoisotopic (exact) mass is 341 g/mol. The summed E-state index contributed by atoms with van der Waals surface area (Å²) in [7, 11) is 1.65. The fourth-order valence-corrected chi connectivity index (χ4v) is 3.72. The Bertz CT molecular complexity index is 777. The van der Waals surface area contributed by atoms with Crippen LogP contribution in [0.4, 0.5) is 0 Å². The topological polar surface area (TPSA) is 56.1 Å². The van der Waals surface area contributed by atoms with E-state index in [1.165, 1.54) is 0 Å². The average Bonchev–Trinajstić information content (AvgIpc) is 3.07. The van der Waals surface area contributed by atoms with E-state index >= 15 is 0 Å². The molecule has 1 amide bonds. The SMILES string of the molecule is COc1ccc(C2(C(=O)NCCn3cnc(C)c3C)CC2(C)C)cc1. The molecule has 5 heteroatoms. The van der Waals surface area contributed by atoms with E-state index in [4.69, 9.17) is 4.74 Å². The van der Waals surface area contributed by atoms with E-state index in [1.54, 1.807) is 7.11 Å². The van der Waals surface area contributed by atoms with Gasteiger partial charge >= 0.3 is 0 Å². The molecule has 1 N–H and O–H groups in total. The van der Waals surface area contributed by atoms with Crippen molar-refractivity contribution in [1.29, 1.82) is 0 Å². The number of amides is 1. The molecule has 1 fully saturated rings. The van der Waals surface area contributed by atoms with Crippen molar-refractivity contribution in [2.24, 2.45) is 5.41 Å². The highest BCUT2D eigenvalue weighted by Crippen LogP contribution is 2.64. The highest BCUT2D eigenvalue weighted by Gasteiger charge is 2.66. The number of aryl methyl sites for hydroxylation is 1. The Morgan fingerprint density at radius 1 is 1.28 bits per heavy atom. The maximum absolute atomic E-state index is 13.0. The Balaban J connectivity index is 1.70. The van der Waals surface area contributed by atoms with Crippen molar-refractivity contribution in [2.45, 2.75) is 46.1 Å². The number of ether oxygens (including phenoxy) is 1. The molecule has 1 aromatic carbocycles. The van der Waals surface area contributed by atoms with Gasteiger partial charge in [-0.25, -0.2) is 4.98 Å². The van der Waals surface area contributed by atoms with E-state index in [9.17, 15) is 4.79 Å². The predicted molar refractivity (Wildman–Crippen MR) is 97.8 cm³/mol. The van der Waals surface area contributed by atoms with Gasteiger partial charge in [0.1, 0.15) is 5.75 Å². The standard InChI is InChI=1S/C20H27N3O2/c1-14-15(2)23(13-22-14)11-10-21-18(24)20(12-19(20,3)4)16-6-8-17(25-5)9-7-16/h6-9,13H,10-12H2,1-5H3,(H,21,24). The summed E-state index contributed by atoms with van der Waals surface area (Å²) in [5, 5.41) is 3.13. The number of benzene rings is 1. The van der Waals surface area contributed by atoms with Gasteiger partial charge in [0.05, 0.1) is 24.5 Å². The highest BCUT2D eigenvalue weighted by molar-refractivity contribution is 5.93. The lowest BCUT2D eigenvalue weighted by atomic mass is 9.87. The molecule has 25 heavy (non-hydrogen) atoms. The Hall–Kier alpha value is -2.30. The molecule has 0 saturated heterocycles. The van der Waals surface area contributed by atoms with Gasteiger partial charge in [0.15, 0.2) is 0 Å². The van der Waals surface area contributed by atoms with Crippen LogP contribution in [0, 0.1) is 19.3 Å². The van der Waals surface area contributed by atoms with Crippen LogP contribution in [-0.4, -0.2) is 29.1 Å². The number of nitrogens with zero attached hydrogens (tertiary/aromatic N) is 2. The highest BCUT2D eigenvalue weighted by atomic mass is 16.5. The Labute approximate surface area is 149 Å². The number of aromatic nitrogens is 2. The van der Waals surface area contributed by atoms with Crippen molar-refractivity contribution in [1.82, 2.24) is 14.9 Å². The number of carbonyl (C=O) groups is 1. The molecule has 1 aromatic heterocycles. The smallest absolute Gasteiger partial charge is 0.231 e. The lowest BCUT2D eigenvalue weighted by molar-refractivity contribution is -0.124. The van der Waals surface area contributed by atoms with Crippen LogP contribution in [0.5, 0.6) is 5.75 Å². The van der Waals surface area contributed by atoms with Crippen LogP contribution >= 0.6 is 0 Å². The van der Waals surface area contributed by atoms with Gasteiger partial charge in [-0.15, -0.1) is 0 Å². The summed E-state index contributed by atoms with van der Waals surface area (Å²) in [6.07, 6.45) is 2.69.